The van der Waals surface area contributed by atoms with Crippen LogP contribution in [0.15, 0.2) is 54.6 Å². The fourth-order valence-electron chi connectivity index (χ4n) is 4.12. The predicted octanol–water partition coefficient (Wildman–Crippen LogP) is 5.14. The third kappa shape index (κ3) is 6.33. The van der Waals surface area contributed by atoms with E-state index in [2.05, 4.69) is 5.32 Å². The molecule has 1 fully saturated rings. The Hall–Kier alpha value is -2.33. The minimum absolute atomic E-state index is 0.0372. The number of amides is 2. The van der Waals surface area contributed by atoms with Gasteiger partial charge >= 0.3 is 0 Å². The summed E-state index contributed by atoms with van der Waals surface area (Å²) in [6.45, 7) is 2.39. The molecule has 0 spiro atoms. The Morgan fingerprint density at radius 3 is 2.30 bits per heavy atom. The molecule has 3 rings (SSSR count). The van der Waals surface area contributed by atoms with Crippen LogP contribution in [0.3, 0.4) is 0 Å². The van der Waals surface area contributed by atoms with Crippen LogP contribution in [0.2, 0.25) is 5.02 Å². The maximum atomic E-state index is 13.3. The van der Waals surface area contributed by atoms with Crippen molar-refractivity contribution in [1.82, 2.24) is 10.2 Å². The van der Waals surface area contributed by atoms with Gasteiger partial charge in [0.25, 0.3) is 0 Å². The Morgan fingerprint density at radius 2 is 1.67 bits per heavy atom. The van der Waals surface area contributed by atoms with Crippen molar-refractivity contribution in [3.63, 3.8) is 0 Å². The van der Waals surface area contributed by atoms with Gasteiger partial charge in [-0.3, -0.25) is 9.59 Å². The molecule has 0 heterocycles. The molecule has 1 atom stereocenters. The largest absolute Gasteiger partial charge is 0.352 e. The highest BCUT2D eigenvalue weighted by Gasteiger charge is 2.30. The third-order valence-corrected chi connectivity index (χ3v) is 6.05. The lowest BCUT2D eigenvalue weighted by atomic mass is 9.95. The van der Waals surface area contributed by atoms with Crippen LogP contribution in [-0.4, -0.2) is 28.8 Å². The van der Waals surface area contributed by atoms with Crippen LogP contribution in [-0.2, 0) is 22.6 Å². The average Bonchev–Trinajstić information content (AvgIpc) is 2.76. The first-order valence-electron chi connectivity index (χ1n) is 10.9. The number of benzene rings is 2. The number of nitrogens with zero attached hydrogens (tertiary/aromatic N) is 1. The zero-order valence-corrected chi connectivity index (χ0v) is 18.4. The van der Waals surface area contributed by atoms with Gasteiger partial charge in [0, 0.05) is 17.6 Å². The number of hydrogen-bond donors (Lipinski definition) is 1. The maximum Gasteiger partial charge on any atom is 0.243 e. The van der Waals surface area contributed by atoms with Crippen LogP contribution in [0.5, 0.6) is 0 Å². The molecule has 1 aliphatic carbocycles. The van der Waals surface area contributed by atoms with Gasteiger partial charge in [-0.15, -0.1) is 0 Å². The Kier molecular flexibility index (Phi) is 8.32. The lowest BCUT2D eigenvalue weighted by Gasteiger charge is -2.33. The van der Waals surface area contributed by atoms with Gasteiger partial charge in [0.05, 0.1) is 6.42 Å². The van der Waals surface area contributed by atoms with Crippen LogP contribution in [0.1, 0.15) is 56.6 Å². The summed E-state index contributed by atoms with van der Waals surface area (Å²) in [5, 5.41) is 3.86. The van der Waals surface area contributed by atoms with Crippen molar-refractivity contribution in [1.29, 1.82) is 0 Å². The number of carbonyl (C=O) groups is 2. The van der Waals surface area contributed by atoms with Gasteiger partial charge in [-0.1, -0.05) is 80.3 Å². The van der Waals surface area contributed by atoms with E-state index in [-0.39, 0.29) is 24.3 Å². The fourth-order valence-corrected chi connectivity index (χ4v) is 4.25. The van der Waals surface area contributed by atoms with Crippen LogP contribution in [0.4, 0.5) is 0 Å². The van der Waals surface area contributed by atoms with Crippen molar-refractivity contribution in [2.75, 3.05) is 0 Å². The minimum Gasteiger partial charge on any atom is -0.352 e. The summed E-state index contributed by atoms with van der Waals surface area (Å²) in [4.78, 5) is 28.2. The summed E-state index contributed by atoms with van der Waals surface area (Å²) in [6.07, 6.45) is 6.44. The molecular formula is C25H31ClN2O2. The molecule has 0 saturated heterocycles. The van der Waals surface area contributed by atoms with Gasteiger partial charge < -0.3 is 10.2 Å². The molecule has 2 aromatic carbocycles. The monoisotopic (exact) mass is 426 g/mol. The fraction of sp³-hybridized carbons (Fsp3) is 0.440. The SMILES string of the molecule is CC[C@@H](C(=O)NC1CCCCC1)N(Cc1ccccc1)C(=O)Cc1ccc(Cl)cc1. The zero-order valence-electron chi connectivity index (χ0n) is 17.6. The molecule has 4 nitrogen and oxygen atoms in total. The van der Waals surface area contributed by atoms with Crippen molar-refractivity contribution < 1.29 is 9.59 Å². The molecule has 0 radical (unpaired) electrons. The zero-order chi connectivity index (χ0) is 21.3. The topological polar surface area (TPSA) is 49.4 Å². The second-order valence-electron chi connectivity index (χ2n) is 8.08. The molecule has 0 aromatic heterocycles. The van der Waals surface area contributed by atoms with Crippen molar-refractivity contribution in [3.8, 4) is 0 Å². The van der Waals surface area contributed by atoms with Crippen molar-refractivity contribution in [3.05, 3.63) is 70.7 Å². The summed E-state index contributed by atoms with van der Waals surface area (Å²) in [5.74, 6) is -0.0865. The molecule has 30 heavy (non-hydrogen) atoms. The molecule has 5 heteroatoms. The lowest BCUT2D eigenvalue weighted by molar-refractivity contribution is -0.141. The first-order valence-corrected chi connectivity index (χ1v) is 11.3. The molecular weight excluding hydrogens is 396 g/mol. The second kappa shape index (κ2) is 11.2. The van der Waals surface area contributed by atoms with Gasteiger partial charge in [0.15, 0.2) is 0 Å². The Morgan fingerprint density at radius 1 is 1.00 bits per heavy atom. The van der Waals surface area contributed by atoms with E-state index in [4.69, 9.17) is 11.6 Å². The minimum atomic E-state index is -0.480. The van der Waals surface area contributed by atoms with E-state index in [0.717, 1.165) is 36.8 Å². The van der Waals surface area contributed by atoms with Gasteiger partial charge in [-0.25, -0.2) is 0 Å². The Labute approximate surface area is 184 Å². The molecule has 1 saturated carbocycles. The second-order valence-corrected chi connectivity index (χ2v) is 8.51. The molecule has 0 unspecified atom stereocenters. The van der Waals surface area contributed by atoms with Crippen LogP contribution in [0, 0.1) is 0 Å². The lowest BCUT2D eigenvalue weighted by Crippen LogP contribution is -2.51. The van der Waals surface area contributed by atoms with E-state index in [1.54, 1.807) is 17.0 Å². The predicted molar refractivity (Wildman–Crippen MR) is 121 cm³/mol. The van der Waals surface area contributed by atoms with E-state index in [9.17, 15) is 9.59 Å². The van der Waals surface area contributed by atoms with Crippen LogP contribution in [0.25, 0.3) is 0 Å². The van der Waals surface area contributed by atoms with E-state index >= 15 is 0 Å². The molecule has 2 aromatic rings. The van der Waals surface area contributed by atoms with Gasteiger partial charge in [0.1, 0.15) is 6.04 Å². The highest BCUT2D eigenvalue weighted by atomic mass is 35.5. The summed E-state index contributed by atoms with van der Waals surface area (Å²) >= 11 is 5.98. The van der Waals surface area contributed by atoms with E-state index in [0.29, 0.717) is 18.0 Å². The number of carbonyl (C=O) groups excluding carboxylic acids is 2. The van der Waals surface area contributed by atoms with E-state index < -0.39 is 6.04 Å². The molecule has 160 valence electrons. The summed E-state index contributed by atoms with van der Waals surface area (Å²) < 4.78 is 0. The van der Waals surface area contributed by atoms with Crippen molar-refractivity contribution in [2.24, 2.45) is 0 Å². The summed E-state index contributed by atoms with van der Waals surface area (Å²) in [6, 6.07) is 16.9. The highest BCUT2D eigenvalue weighted by Crippen LogP contribution is 2.20. The van der Waals surface area contributed by atoms with Crippen LogP contribution >= 0.6 is 11.6 Å². The Balaban J connectivity index is 1.77. The smallest absolute Gasteiger partial charge is 0.243 e. The van der Waals surface area contributed by atoms with Crippen LogP contribution < -0.4 is 5.32 Å². The quantitative estimate of drug-likeness (QED) is 0.635. The molecule has 1 N–H and O–H groups in total. The third-order valence-electron chi connectivity index (χ3n) is 5.80. The van der Waals surface area contributed by atoms with Gasteiger partial charge in [0.2, 0.25) is 11.8 Å². The van der Waals surface area contributed by atoms with E-state index in [1.807, 2.05) is 49.4 Å². The maximum absolute atomic E-state index is 13.3. The van der Waals surface area contributed by atoms with Crippen molar-refractivity contribution >= 4 is 23.4 Å². The molecule has 1 aliphatic rings. The normalized spacial score (nSPS) is 15.4. The number of rotatable bonds is 8. The number of halogens is 1. The average molecular weight is 427 g/mol. The van der Waals surface area contributed by atoms with E-state index in [1.165, 1.54) is 6.42 Å². The van der Waals surface area contributed by atoms with Gasteiger partial charge in [-0.05, 0) is 42.5 Å². The standard InChI is InChI=1S/C25H31ClN2O2/c1-2-23(25(30)27-22-11-7-4-8-12-22)28(18-20-9-5-3-6-10-20)24(29)17-19-13-15-21(26)16-14-19/h3,5-6,9-10,13-16,22-23H,2,4,7-8,11-12,17-18H2,1H3,(H,27,30)/t23-/m0/s1. The molecule has 0 aliphatic heterocycles. The van der Waals surface area contributed by atoms with Crippen molar-refractivity contribution in [2.45, 2.75) is 70.5 Å². The Bertz CT molecular complexity index is 817. The molecule has 0 bridgehead atoms. The van der Waals surface area contributed by atoms with Gasteiger partial charge in [-0.2, -0.15) is 0 Å². The summed E-state index contributed by atoms with van der Waals surface area (Å²) in [7, 11) is 0. The first kappa shape index (κ1) is 22.4. The number of nitrogens with one attached hydrogen (secondary N) is 1. The highest BCUT2D eigenvalue weighted by molar-refractivity contribution is 6.30. The summed E-state index contributed by atoms with van der Waals surface area (Å²) in [5.41, 5.74) is 1.91. The first-order chi connectivity index (χ1) is 14.6. The number of hydrogen-bond acceptors (Lipinski definition) is 2. The molecule has 2 amide bonds.